The van der Waals surface area contributed by atoms with Crippen LogP contribution in [-0.2, 0) is 6.42 Å². The normalized spacial score (nSPS) is 12.6. The van der Waals surface area contributed by atoms with Gasteiger partial charge in [-0.05, 0) is 102 Å². The fourth-order valence-corrected chi connectivity index (χ4v) is 8.83. The molecule has 0 saturated heterocycles. The van der Waals surface area contributed by atoms with E-state index >= 15 is 0 Å². The molecule has 0 heterocycles. The predicted molar refractivity (Wildman–Crippen MR) is 243 cm³/mol. The first-order valence-corrected chi connectivity index (χ1v) is 22.8. The van der Waals surface area contributed by atoms with Crippen molar-refractivity contribution in [3.63, 3.8) is 0 Å². The highest BCUT2D eigenvalue weighted by Gasteiger charge is 2.18. The lowest BCUT2D eigenvalue weighted by molar-refractivity contribution is 0.540. The molecule has 0 fully saturated rings. The zero-order valence-corrected chi connectivity index (χ0v) is 35.7. The lowest BCUT2D eigenvalue weighted by atomic mass is 9.83. The highest BCUT2D eigenvalue weighted by molar-refractivity contribution is 5.49. The summed E-state index contributed by atoms with van der Waals surface area (Å²) < 4.78 is 0. The van der Waals surface area contributed by atoms with Crippen LogP contribution >= 0.6 is 0 Å². The van der Waals surface area contributed by atoms with Crippen LogP contribution in [0.25, 0.3) is 0 Å². The van der Waals surface area contributed by atoms with Crippen molar-refractivity contribution >= 4 is 11.4 Å². The van der Waals surface area contributed by atoms with Gasteiger partial charge in [-0.1, -0.05) is 203 Å². The topological polar surface area (TPSA) is 52.0 Å². The van der Waals surface area contributed by atoms with E-state index in [4.69, 9.17) is 11.5 Å². The van der Waals surface area contributed by atoms with E-state index in [1.165, 1.54) is 186 Å². The van der Waals surface area contributed by atoms with Gasteiger partial charge in [0.2, 0.25) is 0 Å². The summed E-state index contributed by atoms with van der Waals surface area (Å²) in [4.78, 5) is 0. The molecule has 0 bridgehead atoms. The van der Waals surface area contributed by atoms with E-state index in [0.717, 1.165) is 17.8 Å². The molecule has 4 aromatic carbocycles. The Kier molecular flexibility index (Phi) is 20.6. The molecular formula is C53H78N2. The fraction of sp³-hybridized carbons (Fsp3) is 0.547. The average Bonchev–Trinajstić information content (AvgIpc) is 3.18. The lowest BCUT2D eigenvalue weighted by Crippen LogP contribution is -2.05. The number of unbranched alkanes of at least 4 members (excludes halogenated alkanes) is 18. The highest BCUT2D eigenvalue weighted by Crippen LogP contribution is 2.35. The maximum atomic E-state index is 6.18. The maximum Gasteiger partial charge on any atom is 0.0316 e. The molecule has 0 aromatic heterocycles. The second kappa shape index (κ2) is 25.6. The Morgan fingerprint density at radius 2 is 0.691 bits per heavy atom. The van der Waals surface area contributed by atoms with Gasteiger partial charge in [-0.25, -0.2) is 0 Å². The standard InChI is InChI=1S/C53H78N2/c1-5-7-9-11-13-15-17-19-21-23-25-52(50-37-35-48(54)39-42(50)3)46-31-27-44(28-32-46)41-45-29-33-47(34-30-45)53(51-38-36-49(55)40-43(51)4)26-24-22-20-18-16-14-12-10-8-6-2/h27-40,52-53H,5-26,41,54-55H2,1-4H3. The van der Waals surface area contributed by atoms with Gasteiger partial charge in [-0.3, -0.25) is 0 Å². The SMILES string of the molecule is CCCCCCCCCCCCC(c1ccc(Cc2ccc(C(CCCCCCCCCCCC)c3ccc(N)cc3C)cc2)cc1)c1ccc(N)cc1C. The molecule has 4 aromatic rings. The van der Waals surface area contributed by atoms with E-state index in [0.29, 0.717) is 11.8 Å². The van der Waals surface area contributed by atoms with Crippen molar-refractivity contribution in [2.75, 3.05) is 11.5 Å². The first kappa shape index (κ1) is 44.2. The number of hydrogen-bond donors (Lipinski definition) is 2. The molecule has 0 spiro atoms. The molecule has 2 heteroatoms. The Bertz CT molecular complexity index is 1480. The third kappa shape index (κ3) is 15.9. The van der Waals surface area contributed by atoms with Crippen LogP contribution in [0.3, 0.4) is 0 Å². The molecule has 0 saturated carbocycles. The van der Waals surface area contributed by atoms with Gasteiger partial charge in [0, 0.05) is 23.2 Å². The molecular weight excluding hydrogens is 665 g/mol. The molecule has 0 aliphatic carbocycles. The summed E-state index contributed by atoms with van der Waals surface area (Å²) in [5, 5.41) is 0. The van der Waals surface area contributed by atoms with Crippen molar-refractivity contribution in [1.82, 2.24) is 0 Å². The van der Waals surface area contributed by atoms with Gasteiger partial charge >= 0.3 is 0 Å². The molecule has 0 radical (unpaired) electrons. The molecule has 55 heavy (non-hydrogen) atoms. The van der Waals surface area contributed by atoms with Crippen LogP contribution in [-0.4, -0.2) is 0 Å². The minimum absolute atomic E-state index is 0.409. The third-order valence-electron chi connectivity index (χ3n) is 12.2. The molecule has 0 aliphatic rings. The van der Waals surface area contributed by atoms with Crippen LogP contribution in [0.2, 0.25) is 0 Å². The molecule has 4 rings (SSSR count). The minimum Gasteiger partial charge on any atom is -0.399 e. The summed E-state index contributed by atoms with van der Waals surface area (Å²) >= 11 is 0. The van der Waals surface area contributed by atoms with E-state index in [1.54, 1.807) is 0 Å². The second-order valence-electron chi connectivity index (χ2n) is 16.9. The van der Waals surface area contributed by atoms with E-state index in [2.05, 4.69) is 113 Å². The molecule has 0 amide bonds. The van der Waals surface area contributed by atoms with Gasteiger partial charge in [-0.2, -0.15) is 0 Å². The summed E-state index contributed by atoms with van der Waals surface area (Å²) in [6.45, 7) is 9.05. The summed E-state index contributed by atoms with van der Waals surface area (Å²) in [5.74, 6) is 0.819. The number of benzene rings is 4. The number of anilines is 2. The molecule has 0 aliphatic heterocycles. The predicted octanol–water partition coefficient (Wildman–Crippen LogP) is 15.9. The summed E-state index contributed by atoms with van der Waals surface area (Å²) in [7, 11) is 0. The third-order valence-corrected chi connectivity index (χ3v) is 12.2. The monoisotopic (exact) mass is 743 g/mol. The van der Waals surface area contributed by atoms with Gasteiger partial charge in [0.15, 0.2) is 0 Å². The average molecular weight is 743 g/mol. The number of nitrogen functional groups attached to an aromatic ring is 2. The van der Waals surface area contributed by atoms with Crippen LogP contribution in [0.5, 0.6) is 0 Å². The Morgan fingerprint density at radius 3 is 1.00 bits per heavy atom. The Morgan fingerprint density at radius 1 is 0.382 bits per heavy atom. The van der Waals surface area contributed by atoms with Crippen LogP contribution in [0, 0.1) is 13.8 Å². The quantitative estimate of drug-likeness (QED) is 0.0450. The number of hydrogen-bond acceptors (Lipinski definition) is 2. The Labute approximate surface area is 338 Å². The zero-order chi connectivity index (χ0) is 39.1. The van der Waals surface area contributed by atoms with Crippen molar-refractivity contribution in [3.8, 4) is 0 Å². The van der Waals surface area contributed by atoms with Crippen molar-refractivity contribution < 1.29 is 0 Å². The molecule has 2 unspecified atom stereocenters. The van der Waals surface area contributed by atoms with E-state index in [9.17, 15) is 0 Å². The van der Waals surface area contributed by atoms with Gasteiger partial charge < -0.3 is 11.5 Å². The summed E-state index contributed by atoms with van der Waals surface area (Å²) in [6, 6.07) is 32.1. The molecule has 2 nitrogen and oxygen atoms in total. The molecule has 300 valence electrons. The first-order valence-electron chi connectivity index (χ1n) is 22.8. The van der Waals surface area contributed by atoms with E-state index in [1.807, 2.05) is 0 Å². The van der Waals surface area contributed by atoms with Gasteiger partial charge in [0.05, 0.1) is 0 Å². The van der Waals surface area contributed by atoms with Crippen molar-refractivity contribution in [3.05, 3.63) is 129 Å². The Hall–Kier alpha value is -3.52. The Balaban J connectivity index is 1.35. The van der Waals surface area contributed by atoms with Gasteiger partial charge in [0.25, 0.3) is 0 Å². The van der Waals surface area contributed by atoms with Gasteiger partial charge in [0.1, 0.15) is 0 Å². The summed E-state index contributed by atoms with van der Waals surface area (Å²) in [6.07, 6.45) is 30.7. The van der Waals surface area contributed by atoms with Crippen molar-refractivity contribution in [2.45, 2.75) is 187 Å². The number of nitrogens with two attached hydrogens (primary N) is 2. The van der Waals surface area contributed by atoms with Crippen LogP contribution in [0.1, 0.15) is 211 Å². The second-order valence-corrected chi connectivity index (χ2v) is 16.9. The maximum absolute atomic E-state index is 6.18. The van der Waals surface area contributed by atoms with Crippen LogP contribution in [0.15, 0.2) is 84.9 Å². The zero-order valence-electron chi connectivity index (χ0n) is 35.7. The summed E-state index contributed by atoms with van der Waals surface area (Å²) in [5.41, 5.74) is 25.2. The number of rotatable bonds is 28. The molecule has 2 atom stereocenters. The minimum atomic E-state index is 0.409. The van der Waals surface area contributed by atoms with Crippen molar-refractivity contribution in [1.29, 1.82) is 0 Å². The van der Waals surface area contributed by atoms with Crippen LogP contribution < -0.4 is 11.5 Å². The van der Waals surface area contributed by atoms with E-state index in [-0.39, 0.29) is 0 Å². The molecule has 4 N–H and O–H groups in total. The van der Waals surface area contributed by atoms with E-state index < -0.39 is 0 Å². The number of aryl methyl sites for hydroxylation is 2. The fourth-order valence-electron chi connectivity index (χ4n) is 8.83. The van der Waals surface area contributed by atoms with Gasteiger partial charge in [-0.15, -0.1) is 0 Å². The van der Waals surface area contributed by atoms with Crippen molar-refractivity contribution in [2.24, 2.45) is 0 Å². The first-order chi connectivity index (χ1) is 26.9. The largest absolute Gasteiger partial charge is 0.399 e. The highest BCUT2D eigenvalue weighted by atomic mass is 14.5. The lowest BCUT2D eigenvalue weighted by Gasteiger charge is -2.22. The van der Waals surface area contributed by atoms with Crippen LogP contribution in [0.4, 0.5) is 11.4 Å². The smallest absolute Gasteiger partial charge is 0.0316 e.